The van der Waals surface area contributed by atoms with E-state index < -0.39 is 10.0 Å². The molecule has 1 aromatic heterocycles. The molecule has 130 valence electrons. The first-order chi connectivity index (χ1) is 10.8. The SMILES string of the molecule is CC(C)S(=O)(=O)N1CCC(Cc2cnc(CN(C)C)cn2)CC1. The molecule has 0 radical (unpaired) electrons. The van der Waals surface area contributed by atoms with Crippen LogP contribution in [0.25, 0.3) is 0 Å². The molecule has 1 aliphatic heterocycles. The van der Waals surface area contributed by atoms with Gasteiger partial charge in [-0.05, 0) is 53.1 Å². The Morgan fingerprint density at radius 1 is 1.17 bits per heavy atom. The number of hydrogen-bond donors (Lipinski definition) is 0. The van der Waals surface area contributed by atoms with Crippen molar-refractivity contribution in [3.8, 4) is 0 Å². The molecule has 2 rings (SSSR count). The minimum absolute atomic E-state index is 0.339. The van der Waals surface area contributed by atoms with Gasteiger partial charge in [-0.3, -0.25) is 9.97 Å². The van der Waals surface area contributed by atoms with E-state index in [1.54, 1.807) is 18.2 Å². The highest BCUT2D eigenvalue weighted by Crippen LogP contribution is 2.24. The van der Waals surface area contributed by atoms with Crippen molar-refractivity contribution in [3.05, 3.63) is 23.8 Å². The summed E-state index contributed by atoms with van der Waals surface area (Å²) in [6.45, 7) is 5.52. The number of rotatable bonds is 6. The fraction of sp³-hybridized carbons (Fsp3) is 0.750. The van der Waals surface area contributed by atoms with Crippen molar-refractivity contribution in [3.63, 3.8) is 0 Å². The van der Waals surface area contributed by atoms with Gasteiger partial charge >= 0.3 is 0 Å². The van der Waals surface area contributed by atoms with E-state index in [0.29, 0.717) is 19.0 Å². The zero-order chi connectivity index (χ0) is 17.0. The summed E-state index contributed by atoms with van der Waals surface area (Å²) in [6, 6.07) is 0. The quantitative estimate of drug-likeness (QED) is 0.786. The molecule has 6 nitrogen and oxygen atoms in total. The van der Waals surface area contributed by atoms with Gasteiger partial charge in [0.2, 0.25) is 10.0 Å². The molecule has 0 saturated carbocycles. The topological polar surface area (TPSA) is 66.4 Å². The van der Waals surface area contributed by atoms with Gasteiger partial charge in [-0.2, -0.15) is 0 Å². The van der Waals surface area contributed by atoms with Gasteiger partial charge in [-0.15, -0.1) is 0 Å². The Balaban J connectivity index is 1.87. The summed E-state index contributed by atoms with van der Waals surface area (Å²) in [4.78, 5) is 11.0. The summed E-state index contributed by atoms with van der Waals surface area (Å²) in [5, 5.41) is -0.339. The van der Waals surface area contributed by atoms with Crippen molar-refractivity contribution < 1.29 is 8.42 Å². The van der Waals surface area contributed by atoms with Gasteiger partial charge in [0, 0.05) is 25.8 Å². The van der Waals surface area contributed by atoms with Gasteiger partial charge < -0.3 is 4.90 Å². The average molecular weight is 340 g/mol. The Morgan fingerprint density at radius 2 is 1.74 bits per heavy atom. The van der Waals surface area contributed by atoms with Crippen molar-refractivity contribution in [1.82, 2.24) is 19.2 Å². The smallest absolute Gasteiger partial charge is 0.216 e. The van der Waals surface area contributed by atoms with Crippen LogP contribution in [0.5, 0.6) is 0 Å². The van der Waals surface area contributed by atoms with Crippen LogP contribution in [-0.4, -0.2) is 60.0 Å². The third-order valence-corrected chi connectivity index (χ3v) is 6.54. The van der Waals surface area contributed by atoms with E-state index >= 15 is 0 Å². The molecule has 0 unspecified atom stereocenters. The Labute approximate surface area is 140 Å². The lowest BCUT2D eigenvalue weighted by atomic mass is 9.93. The number of hydrogen-bond acceptors (Lipinski definition) is 5. The monoisotopic (exact) mass is 340 g/mol. The van der Waals surface area contributed by atoms with E-state index in [4.69, 9.17) is 0 Å². The molecule has 0 N–H and O–H groups in total. The van der Waals surface area contributed by atoms with Crippen LogP contribution in [0.15, 0.2) is 12.4 Å². The van der Waals surface area contributed by atoms with Gasteiger partial charge in [0.05, 0.1) is 22.8 Å². The largest absolute Gasteiger partial charge is 0.304 e. The molecule has 0 amide bonds. The van der Waals surface area contributed by atoms with E-state index in [-0.39, 0.29) is 5.25 Å². The molecule has 1 aliphatic rings. The second-order valence-electron chi connectivity index (χ2n) is 6.88. The summed E-state index contributed by atoms with van der Waals surface area (Å²) >= 11 is 0. The van der Waals surface area contributed by atoms with Crippen molar-refractivity contribution in [2.24, 2.45) is 5.92 Å². The van der Waals surface area contributed by atoms with Crippen molar-refractivity contribution in [2.75, 3.05) is 27.2 Å². The van der Waals surface area contributed by atoms with Crippen LogP contribution >= 0.6 is 0 Å². The van der Waals surface area contributed by atoms with Crippen LogP contribution in [0.2, 0.25) is 0 Å². The molecule has 0 aromatic carbocycles. The fourth-order valence-electron chi connectivity index (χ4n) is 2.85. The first-order valence-electron chi connectivity index (χ1n) is 8.22. The molecule has 1 saturated heterocycles. The highest BCUT2D eigenvalue weighted by Gasteiger charge is 2.30. The van der Waals surface area contributed by atoms with E-state index in [9.17, 15) is 8.42 Å². The van der Waals surface area contributed by atoms with Crippen LogP contribution in [-0.2, 0) is 23.0 Å². The van der Waals surface area contributed by atoms with E-state index in [1.807, 2.05) is 26.5 Å². The van der Waals surface area contributed by atoms with Crippen LogP contribution in [0, 0.1) is 5.92 Å². The van der Waals surface area contributed by atoms with Crippen molar-refractivity contribution >= 4 is 10.0 Å². The minimum atomic E-state index is -3.11. The Morgan fingerprint density at radius 3 is 2.22 bits per heavy atom. The van der Waals surface area contributed by atoms with Crippen molar-refractivity contribution in [2.45, 2.75) is 44.9 Å². The highest BCUT2D eigenvalue weighted by molar-refractivity contribution is 7.89. The molecule has 0 bridgehead atoms. The van der Waals surface area contributed by atoms with Crippen LogP contribution < -0.4 is 0 Å². The predicted octanol–water partition coefficient (Wildman–Crippen LogP) is 1.53. The van der Waals surface area contributed by atoms with Crippen LogP contribution in [0.3, 0.4) is 0 Å². The molecular formula is C16H28N4O2S. The molecule has 1 fully saturated rings. The second-order valence-corrected chi connectivity index (χ2v) is 9.37. The van der Waals surface area contributed by atoms with Crippen molar-refractivity contribution in [1.29, 1.82) is 0 Å². The summed E-state index contributed by atoms with van der Waals surface area (Å²) in [5.41, 5.74) is 1.97. The van der Waals surface area contributed by atoms with Gasteiger partial charge in [0.1, 0.15) is 0 Å². The van der Waals surface area contributed by atoms with Crippen LogP contribution in [0.1, 0.15) is 38.1 Å². The fourth-order valence-corrected chi connectivity index (χ4v) is 4.17. The molecule has 23 heavy (non-hydrogen) atoms. The predicted molar refractivity (Wildman–Crippen MR) is 91.5 cm³/mol. The number of sulfonamides is 1. The number of aromatic nitrogens is 2. The summed E-state index contributed by atoms with van der Waals surface area (Å²) < 4.78 is 26.0. The van der Waals surface area contributed by atoms with Gasteiger partial charge in [-0.25, -0.2) is 12.7 Å². The zero-order valence-corrected chi connectivity index (χ0v) is 15.4. The van der Waals surface area contributed by atoms with E-state index in [0.717, 1.165) is 37.2 Å². The minimum Gasteiger partial charge on any atom is -0.304 e. The lowest BCUT2D eigenvalue weighted by Crippen LogP contribution is -2.42. The zero-order valence-electron chi connectivity index (χ0n) is 14.6. The number of piperidine rings is 1. The summed E-state index contributed by atoms with van der Waals surface area (Å²) in [7, 11) is 0.904. The average Bonchev–Trinajstić information content (AvgIpc) is 2.49. The van der Waals surface area contributed by atoms with Crippen LogP contribution in [0.4, 0.5) is 0 Å². The molecular weight excluding hydrogens is 312 g/mol. The first-order valence-corrected chi connectivity index (χ1v) is 9.73. The van der Waals surface area contributed by atoms with Gasteiger partial charge in [-0.1, -0.05) is 0 Å². The standard InChI is InChI=1S/C16H28N4O2S/c1-13(2)23(21,22)20-7-5-14(6-8-20)9-15-10-18-16(11-17-15)12-19(3)4/h10-11,13-14H,5-9,12H2,1-4H3. The lowest BCUT2D eigenvalue weighted by Gasteiger charge is -2.32. The molecule has 0 atom stereocenters. The maximum absolute atomic E-state index is 12.2. The van der Waals surface area contributed by atoms with E-state index in [1.165, 1.54) is 0 Å². The molecule has 7 heteroatoms. The normalized spacial score (nSPS) is 18.0. The number of nitrogens with zero attached hydrogens (tertiary/aromatic N) is 4. The lowest BCUT2D eigenvalue weighted by molar-refractivity contribution is 0.270. The molecule has 0 aliphatic carbocycles. The molecule has 2 heterocycles. The Hall–Kier alpha value is -1.05. The maximum atomic E-state index is 12.2. The maximum Gasteiger partial charge on any atom is 0.216 e. The van der Waals surface area contributed by atoms with Gasteiger partial charge in [0.15, 0.2) is 0 Å². The first kappa shape index (κ1) is 18.3. The van der Waals surface area contributed by atoms with Gasteiger partial charge in [0.25, 0.3) is 0 Å². The highest BCUT2D eigenvalue weighted by atomic mass is 32.2. The Kier molecular flexibility index (Phi) is 6.11. The third kappa shape index (κ3) is 4.96. The third-order valence-electron chi connectivity index (χ3n) is 4.26. The summed E-state index contributed by atoms with van der Waals surface area (Å²) in [5.74, 6) is 0.489. The molecule has 0 spiro atoms. The van der Waals surface area contributed by atoms with E-state index in [2.05, 4.69) is 14.9 Å². The second kappa shape index (κ2) is 7.68. The summed E-state index contributed by atoms with van der Waals surface area (Å²) in [6.07, 6.45) is 6.37. The Bertz CT molecular complexity index is 591. The molecule has 1 aromatic rings.